The molecule has 0 heterocycles. The molecule has 0 aromatic heterocycles. The van der Waals surface area contributed by atoms with Crippen molar-refractivity contribution in [1.82, 2.24) is 5.32 Å². The van der Waals surface area contributed by atoms with Gasteiger partial charge in [-0.25, -0.2) is 0 Å². The maximum Gasteiger partial charge on any atom is 0.120 e. The van der Waals surface area contributed by atoms with E-state index in [1.54, 1.807) is 6.07 Å². The zero-order valence-corrected chi connectivity index (χ0v) is 11.3. The van der Waals surface area contributed by atoms with Crippen LogP contribution in [0.2, 0.25) is 0 Å². The van der Waals surface area contributed by atoms with Crippen LogP contribution in [0.25, 0.3) is 0 Å². The molecule has 1 unspecified atom stereocenters. The molecule has 4 N–H and O–H groups in total. The molecule has 0 bridgehead atoms. The molecule has 1 aromatic carbocycles. The molecular formula is C14H23NO3. The zero-order chi connectivity index (χ0) is 13.8. The summed E-state index contributed by atoms with van der Waals surface area (Å²) < 4.78 is 0. The molecule has 0 saturated carbocycles. The second kappa shape index (κ2) is 6.07. The van der Waals surface area contributed by atoms with Crippen LogP contribution < -0.4 is 5.32 Å². The Hall–Kier alpha value is -1.26. The molecule has 1 rings (SSSR count). The Morgan fingerprint density at radius 3 is 2.56 bits per heavy atom. The summed E-state index contributed by atoms with van der Waals surface area (Å²) in [6.45, 7) is 6.98. The standard InChI is InChI=1S/C14H23NO3/c1-10(15-9-14(2,3)6-7-16)12-8-11(17)4-5-13(12)18/h4-5,8,10,15-18H,6-7,9H2,1-3H3. The molecule has 0 aliphatic rings. The Labute approximate surface area is 108 Å². The predicted molar refractivity (Wildman–Crippen MR) is 71.7 cm³/mol. The summed E-state index contributed by atoms with van der Waals surface area (Å²) in [6.07, 6.45) is 0.721. The third-order valence-electron chi connectivity index (χ3n) is 3.15. The second-order valence-electron chi connectivity index (χ2n) is 5.48. The molecule has 1 aromatic rings. The van der Waals surface area contributed by atoms with Gasteiger partial charge in [-0.1, -0.05) is 13.8 Å². The Morgan fingerprint density at radius 2 is 1.94 bits per heavy atom. The molecule has 4 heteroatoms. The lowest BCUT2D eigenvalue weighted by atomic mass is 9.89. The van der Waals surface area contributed by atoms with Gasteiger partial charge in [0.2, 0.25) is 0 Å². The van der Waals surface area contributed by atoms with E-state index in [1.165, 1.54) is 12.1 Å². The lowest BCUT2D eigenvalue weighted by Crippen LogP contribution is -2.32. The van der Waals surface area contributed by atoms with Crippen LogP contribution in [0.5, 0.6) is 11.5 Å². The van der Waals surface area contributed by atoms with Gasteiger partial charge in [-0.05, 0) is 37.0 Å². The maximum atomic E-state index is 9.75. The minimum atomic E-state index is -0.0601. The quantitative estimate of drug-likeness (QED) is 0.586. The van der Waals surface area contributed by atoms with Gasteiger partial charge in [-0.15, -0.1) is 0 Å². The summed E-state index contributed by atoms with van der Waals surface area (Å²) in [5.41, 5.74) is 0.671. The van der Waals surface area contributed by atoms with Gasteiger partial charge >= 0.3 is 0 Å². The van der Waals surface area contributed by atoms with Gasteiger partial charge in [0.25, 0.3) is 0 Å². The zero-order valence-electron chi connectivity index (χ0n) is 11.3. The van der Waals surface area contributed by atoms with Crippen molar-refractivity contribution < 1.29 is 15.3 Å². The molecule has 4 nitrogen and oxygen atoms in total. The summed E-state index contributed by atoms with van der Waals surface area (Å²) in [7, 11) is 0. The Balaban J connectivity index is 2.65. The summed E-state index contributed by atoms with van der Waals surface area (Å²) in [5.74, 6) is 0.318. The molecule has 102 valence electrons. The fourth-order valence-electron chi connectivity index (χ4n) is 1.82. The molecule has 0 amide bonds. The molecule has 18 heavy (non-hydrogen) atoms. The van der Waals surface area contributed by atoms with E-state index in [4.69, 9.17) is 5.11 Å². The van der Waals surface area contributed by atoms with Gasteiger partial charge in [0.15, 0.2) is 0 Å². The van der Waals surface area contributed by atoms with Crippen molar-refractivity contribution in [3.8, 4) is 11.5 Å². The highest BCUT2D eigenvalue weighted by molar-refractivity contribution is 5.40. The van der Waals surface area contributed by atoms with Crippen molar-refractivity contribution in [3.63, 3.8) is 0 Å². The maximum absolute atomic E-state index is 9.75. The number of hydrogen-bond donors (Lipinski definition) is 4. The number of aromatic hydroxyl groups is 2. The molecule has 0 aliphatic carbocycles. The predicted octanol–water partition coefficient (Wildman–Crippen LogP) is 2.16. The highest BCUT2D eigenvalue weighted by atomic mass is 16.3. The third kappa shape index (κ3) is 4.20. The minimum Gasteiger partial charge on any atom is -0.508 e. The van der Waals surface area contributed by atoms with Gasteiger partial charge in [0.05, 0.1) is 0 Å². The monoisotopic (exact) mass is 253 g/mol. The molecule has 0 saturated heterocycles. The van der Waals surface area contributed by atoms with E-state index in [2.05, 4.69) is 19.2 Å². The highest BCUT2D eigenvalue weighted by Gasteiger charge is 2.19. The van der Waals surface area contributed by atoms with Crippen LogP contribution >= 0.6 is 0 Å². The van der Waals surface area contributed by atoms with Crippen molar-refractivity contribution in [2.75, 3.05) is 13.2 Å². The summed E-state index contributed by atoms with van der Waals surface area (Å²) in [6, 6.07) is 4.45. The van der Waals surface area contributed by atoms with Crippen LogP contribution in [0.3, 0.4) is 0 Å². The fourth-order valence-corrected chi connectivity index (χ4v) is 1.82. The van der Waals surface area contributed by atoms with Crippen molar-refractivity contribution >= 4 is 0 Å². The highest BCUT2D eigenvalue weighted by Crippen LogP contribution is 2.28. The number of aliphatic hydroxyl groups excluding tert-OH is 1. The first-order valence-corrected chi connectivity index (χ1v) is 6.22. The average Bonchev–Trinajstić information content (AvgIpc) is 2.29. The number of hydrogen-bond acceptors (Lipinski definition) is 4. The lowest BCUT2D eigenvalue weighted by Gasteiger charge is -2.26. The summed E-state index contributed by atoms with van der Waals surface area (Å²) >= 11 is 0. The van der Waals surface area contributed by atoms with Crippen molar-refractivity contribution in [3.05, 3.63) is 23.8 Å². The van der Waals surface area contributed by atoms with Crippen LogP contribution in [0, 0.1) is 5.41 Å². The topological polar surface area (TPSA) is 72.7 Å². The number of phenolic OH excluding ortho intramolecular Hbond substituents is 2. The number of benzene rings is 1. The van der Waals surface area contributed by atoms with Crippen LogP contribution in [0.1, 0.15) is 38.8 Å². The average molecular weight is 253 g/mol. The first-order valence-electron chi connectivity index (χ1n) is 6.22. The molecule has 0 fully saturated rings. The lowest BCUT2D eigenvalue weighted by molar-refractivity contribution is 0.203. The molecule has 0 aliphatic heterocycles. The van der Waals surface area contributed by atoms with Gasteiger partial charge in [0.1, 0.15) is 11.5 Å². The SMILES string of the molecule is CC(NCC(C)(C)CCO)c1cc(O)ccc1O. The first-order chi connectivity index (χ1) is 8.35. The summed E-state index contributed by atoms with van der Waals surface area (Å²) in [4.78, 5) is 0. The largest absolute Gasteiger partial charge is 0.508 e. The Bertz CT molecular complexity index is 391. The Morgan fingerprint density at radius 1 is 1.28 bits per heavy atom. The smallest absolute Gasteiger partial charge is 0.120 e. The van der Waals surface area contributed by atoms with Crippen LogP contribution in [-0.2, 0) is 0 Å². The van der Waals surface area contributed by atoms with Crippen LogP contribution in [0.15, 0.2) is 18.2 Å². The second-order valence-corrected chi connectivity index (χ2v) is 5.48. The van der Waals surface area contributed by atoms with Crippen molar-refractivity contribution in [2.24, 2.45) is 5.41 Å². The number of nitrogens with one attached hydrogen (secondary N) is 1. The number of rotatable bonds is 6. The van der Waals surface area contributed by atoms with Crippen molar-refractivity contribution in [1.29, 1.82) is 0 Å². The van der Waals surface area contributed by atoms with E-state index in [1.807, 2.05) is 6.92 Å². The van der Waals surface area contributed by atoms with Crippen molar-refractivity contribution in [2.45, 2.75) is 33.2 Å². The van der Waals surface area contributed by atoms with E-state index in [9.17, 15) is 10.2 Å². The van der Waals surface area contributed by atoms with Gasteiger partial charge < -0.3 is 20.6 Å². The van der Waals surface area contributed by atoms with Gasteiger partial charge in [-0.2, -0.15) is 0 Å². The first kappa shape index (κ1) is 14.8. The minimum absolute atomic E-state index is 0.00451. The fraction of sp³-hybridized carbons (Fsp3) is 0.571. The summed E-state index contributed by atoms with van der Waals surface area (Å²) in [5, 5.41) is 31.4. The third-order valence-corrected chi connectivity index (χ3v) is 3.15. The van der Waals surface area contributed by atoms with Crippen LogP contribution in [-0.4, -0.2) is 28.5 Å². The van der Waals surface area contributed by atoms with Crippen LogP contribution in [0.4, 0.5) is 0 Å². The normalized spacial score (nSPS) is 13.6. The van der Waals surface area contributed by atoms with E-state index in [-0.39, 0.29) is 29.6 Å². The Kier molecular flexibility index (Phi) is 4.99. The van der Waals surface area contributed by atoms with E-state index in [0.29, 0.717) is 5.56 Å². The van der Waals surface area contributed by atoms with E-state index >= 15 is 0 Å². The number of aliphatic hydroxyl groups is 1. The molecule has 0 spiro atoms. The molecule has 0 radical (unpaired) electrons. The van der Waals surface area contributed by atoms with Gasteiger partial charge in [-0.3, -0.25) is 0 Å². The van der Waals surface area contributed by atoms with E-state index < -0.39 is 0 Å². The van der Waals surface area contributed by atoms with Gasteiger partial charge in [0, 0.05) is 24.8 Å². The number of phenols is 2. The molecular weight excluding hydrogens is 230 g/mol. The molecule has 1 atom stereocenters. The van der Waals surface area contributed by atoms with E-state index in [0.717, 1.165) is 13.0 Å².